The van der Waals surface area contributed by atoms with Crippen molar-refractivity contribution in [1.82, 2.24) is 0 Å². The number of aliphatic hydroxyl groups is 1. The molecule has 0 spiro atoms. The maximum absolute atomic E-state index is 12.0. The van der Waals surface area contributed by atoms with Gasteiger partial charge in [-0.15, -0.1) is 11.3 Å². The van der Waals surface area contributed by atoms with E-state index in [1.807, 2.05) is 0 Å². The summed E-state index contributed by atoms with van der Waals surface area (Å²) in [6.07, 6.45) is 0. The van der Waals surface area contributed by atoms with E-state index in [2.05, 4.69) is 4.72 Å². The zero-order valence-electron chi connectivity index (χ0n) is 9.13. The maximum atomic E-state index is 12.0. The molecule has 0 aliphatic rings. The molecule has 0 unspecified atom stereocenters. The van der Waals surface area contributed by atoms with Gasteiger partial charge in [0, 0.05) is 0 Å². The Bertz CT molecular complexity index is 652. The van der Waals surface area contributed by atoms with Gasteiger partial charge in [-0.2, -0.15) is 0 Å². The van der Waals surface area contributed by atoms with Gasteiger partial charge in [0.1, 0.15) is 4.21 Å². The predicted octanol–water partition coefficient (Wildman–Crippen LogP) is 2.69. The van der Waals surface area contributed by atoms with Crippen LogP contribution in [-0.2, 0) is 16.6 Å². The van der Waals surface area contributed by atoms with Gasteiger partial charge in [0.2, 0.25) is 0 Å². The van der Waals surface area contributed by atoms with Crippen LogP contribution in [0.15, 0.2) is 39.9 Å². The fraction of sp³-hybridized carbons (Fsp3) is 0.0909. The summed E-state index contributed by atoms with van der Waals surface area (Å²) in [5.74, 6) is 0. The lowest BCUT2D eigenvalue weighted by Gasteiger charge is -2.07. The maximum Gasteiger partial charge on any atom is 0.271 e. The van der Waals surface area contributed by atoms with Gasteiger partial charge in [0.15, 0.2) is 0 Å². The lowest BCUT2D eigenvalue weighted by molar-refractivity contribution is 0.282. The number of anilines is 1. The van der Waals surface area contributed by atoms with Crippen molar-refractivity contribution in [3.05, 3.63) is 46.3 Å². The molecule has 0 aliphatic heterocycles. The topological polar surface area (TPSA) is 66.4 Å². The summed E-state index contributed by atoms with van der Waals surface area (Å²) in [6.45, 7) is -0.182. The van der Waals surface area contributed by atoms with E-state index in [4.69, 9.17) is 16.7 Å². The summed E-state index contributed by atoms with van der Waals surface area (Å²) in [6, 6.07) is 8.03. The third-order valence-corrected chi connectivity index (χ3v) is 5.38. The van der Waals surface area contributed by atoms with Crippen molar-refractivity contribution in [3.8, 4) is 0 Å². The molecule has 0 bridgehead atoms. The fourth-order valence-corrected chi connectivity index (χ4v) is 3.84. The van der Waals surface area contributed by atoms with Crippen LogP contribution in [0.1, 0.15) is 5.56 Å². The van der Waals surface area contributed by atoms with Gasteiger partial charge in [-0.3, -0.25) is 4.72 Å². The van der Waals surface area contributed by atoms with E-state index in [0.29, 0.717) is 16.3 Å². The Morgan fingerprint density at radius 2 is 2.06 bits per heavy atom. The monoisotopic (exact) mass is 303 g/mol. The molecule has 0 aliphatic carbocycles. The SMILES string of the molecule is O=S(=O)(Nc1ccccc1Cl)c1cc(CO)cs1. The molecule has 0 atom stereocenters. The van der Waals surface area contributed by atoms with Crippen molar-refractivity contribution in [2.24, 2.45) is 0 Å². The molecular formula is C11H10ClNO3S2. The number of sulfonamides is 1. The summed E-state index contributed by atoms with van der Waals surface area (Å²) in [5.41, 5.74) is 0.901. The van der Waals surface area contributed by atoms with Gasteiger partial charge in [0.05, 0.1) is 17.3 Å². The molecule has 1 heterocycles. The van der Waals surface area contributed by atoms with Crippen molar-refractivity contribution in [1.29, 1.82) is 0 Å². The second-order valence-electron chi connectivity index (χ2n) is 3.52. The highest BCUT2D eigenvalue weighted by atomic mass is 35.5. The minimum Gasteiger partial charge on any atom is -0.392 e. The van der Waals surface area contributed by atoms with Crippen LogP contribution in [0.3, 0.4) is 0 Å². The van der Waals surface area contributed by atoms with E-state index in [1.54, 1.807) is 29.6 Å². The molecule has 1 aromatic carbocycles. The molecule has 18 heavy (non-hydrogen) atoms. The summed E-state index contributed by atoms with van der Waals surface area (Å²) >= 11 is 6.94. The quantitative estimate of drug-likeness (QED) is 0.912. The minimum absolute atomic E-state index is 0.145. The number of halogens is 1. The standard InChI is InChI=1S/C11H10ClNO3S2/c12-9-3-1-2-4-10(9)13-18(15,16)11-5-8(6-14)7-17-11/h1-5,7,13-14H,6H2. The fourth-order valence-electron chi connectivity index (χ4n) is 1.32. The van der Waals surface area contributed by atoms with E-state index < -0.39 is 10.0 Å². The van der Waals surface area contributed by atoms with Crippen LogP contribution in [0.4, 0.5) is 5.69 Å². The Morgan fingerprint density at radius 3 is 2.67 bits per heavy atom. The lowest BCUT2D eigenvalue weighted by Crippen LogP contribution is -2.11. The molecule has 2 rings (SSSR count). The van der Waals surface area contributed by atoms with Crippen LogP contribution in [0.2, 0.25) is 5.02 Å². The first-order chi connectivity index (χ1) is 8.53. The van der Waals surface area contributed by atoms with Crippen LogP contribution in [-0.4, -0.2) is 13.5 Å². The molecule has 0 radical (unpaired) electrons. The minimum atomic E-state index is -3.65. The average Bonchev–Trinajstić information content (AvgIpc) is 2.81. The van der Waals surface area contributed by atoms with E-state index in [1.165, 1.54) is 6.07 Å². The van der Waals surface area contributed by atoms with Crippen LogP contribution >= 0.6 is 22.9 Å². The smallest absolute Gasteiger partial charge is 0.271 e. The Labute approximate surface area is 114 Å². The molecule has 0 saturated heterocycles. The van der Waals surface area contributed by atoms with E-state index >= 15 is 0 Å². The highest BCUT2D eigenvalue weighted by molar-refractivity contribution is 7.94. The average molecular weight is 304 g/mol. The summed E-state index contributed by atoms with van der Waals surface area (Å²) in [4.78, 5) is 0. The molecule has 4 nitrogen and oxygen atoms in total. The third-order valence-electron chi connectivity index (χ3n) is 2.20. The molecule has 7 heteroatoms. The summed E-state index contributed by atoms with van der Waals surface area (Å²) in [7, 11) is -3.65. The normalized spacial score (nSPS) is 11.4. The van der Waals surface area contributed by atoms with Crippen LogP contribution in [0.25, 0.3) is 0 Å². The number of nitrogens with one attached hydrogen (secondary N) is 1. The van der Waals surface area contributed by atoms with Crippen molar-refractivity contribution in [3.63, 3.8) is 0 Å². The number of hydrogen-bond donors (Lipinski definition) is 2. The first kappa shape index (κ1) is 13.4. The Kier molecular flexibility index (Phi) is 3.91. The molecule has 0 saturated carbocycles. The van der Waals surface area contributed by atoms with Crippen molar-refractivity contribution < 1.29 is 13.5 Å². The van der Waals surface area contributed by atoms with E-state index in [0.717, 1.165) is 11.3 Å². The van der Waals surface area contributed by atoms with E-state index in [-0.39, 0.29) is 10.8 Å². The molecule has 2 N–H and O–H groups in total. The highest BCUT2D eigenvalue weighted by Crippen LogP contribution is 2.26. The largest absolute Gasteiger partial charge is 0.392 e. The zero-order valence-corrected chi connectivity index (χ0v) is 11.5. The van der Waals surface area contributed by atoms with Crippen molar-refractivity contribution in [2.75, 3.05) is 4.72 Å². The molecule has 96 valence electrons. The van der Waals surface area contributed by atoms with Gasteiger partial charge in [-0.05, 0) is 29.1 Å². The van der Waals surface area contributed by atoms with Crippen LogP contribution < -0.4 is 4.72 Å². The lowest BCUT2D eigenvalue weighted by atomic mass is 10.3. The zero-order chi connectivity index (χ0) is 13.2. The van der Waals surface area contributed by atoms with Crippen LogP contribution in [0, 0.1) is 0 Å². The number of rotatable bonds is 4. The summed E-state index contributed by atoms with van der Waals surface area (Å²) < 4.78 is 26.6. The van der Waals surface area contributed by atoms with Crippen molar-refractivity contribution >= 4 is 38.6 Å². The molecule has 1 aromatic heterocycles. The third kappa shape index (κ3) is 2.84. The molecule has 0 fully saturated rings. The summed E-state index contributed by atoms with van der Waals surface area (Å²) in [5, 5.41) is 10.9. The van der Waals surface area contributed by atoms with Crippen LogP contribution in [0.5, 0.6) is 0 Å². The molecular weight excluding hydrogens is 294 g/mol. The Hall–Kier alpha value is -1.08. The second kappa shape index (κ2) is 5.27. The highest BCUT2D eigenvalue weighted by Gasteiger charge is 2.17. The van der Waals surface area contributed by atoms with Gasteiger partial charge in [0.25, 0.3) is 10.0 Å². The number of aliphatic hydroxyl groups excluding tert-OH is 1. The Morgan fingerprint density at radius 1 is 1.33 bits per heavy atom. The Balaban J connectivity index is 2.30. The van der Waals surface area contributed by atoms with E-state index in [9.17, 15) is 8.42 Å². The van der Waals surface area contributed by atoms with Crippen molar-refractivity contribution in [2.45, 2.75) is 10.8 Å². The predicted molar refractivity (Wildman–Crippen MR) is 72.5 cm³/mol. The van der Waals surface area contributed by atoms with Gasteiger partial charge >= 0.3 is 0 Å². The number of hydrogen-bond acceptors (Lipinski definition) is 4. The number of thiophene rings is 1. The van der Waals surface area contributed by atoms with Gasteiger partial charge in [-0.25, -0.2) is 8.42 Å². The number of para-hydroxylation sites is 1. The second-order valence-corrected chi connectivity index (χ2v) is 6.75. The first-order valence-corrected chi connectivity index (χ1v) is 7.72. The molecule has 2 aromatic rings. The van der Waals surface area contributed by atoms with Gasteiger partial charge < -0.3 is 5.11 Å². The van der Waals surface area contributed by atoms with Gasteiger partial charge in [-0.1, -0.05) is 23.7 Å². The first-order valence-electron chi connectivity index (χ1n) is 4.98. The molecule has 0 amide bonds. The number of benzene rings is 1.